The predicted octanol–water partition coefficient (Wildman–Crippen LogP) is 2.52. The number of fused-ring (bicyclic) bond motifs is 1. The Morgan fingerprint density at radius 2 is 1.79 bits per heavy atom. The van der Waals surface area contributed by atoms with Crippen molar-refractivity contribution >= 4 is 17.1 Å². The molecule has 0 aliphatic heterocycles. The summed E-state index contributed by atoms with van der Waals surface area (Å²) in [4.78, 5) is 10.7. The number of nitriles is 1. The molecule has 2 rings (SSSR count). The van der Waals surface area contributed by atoms with Gasteiger partial charge in [-0.25, -0.2) is 0 Å². The zero-order valence-electron chi connectivity index (χ0n) is 7.40. The van der Waals surface area contributed by atoms with Crippen molar-refractivity contribution in [2.45, 2.75) is 0 Å². The summed E-state index contributed by atoms with van der Waals surface area (Å²) in [5.41, 5.74) is 1.23. The van der Waals surface area contributed by atoms with Gasteiger partial charge < -0.3 is 0 Å². The smallest absolute Gasteiger partial charge is 0.150 e. The van der Waals surface area contributed by atoms with E-state index in [1.165, 1.54) is 0 Å². The van der Waals surface area contributed by atoms with E-state index < -0.39 is 0 Å². The molecule has 0 atom stereocenters. The standard InChI is InChI=1S/C12H7NO/c13-7-9-3-1-6-12-10(8-14)4-2-5-11(9)12/h1-6,8H. The number of rotatable bonds is 1. The summed E-state index contributed by atoms with van der Waals surface area (Å²) in [5, 5.41) is 10.5. The van der Waals surface area contributed by atoms with Crippen LogP contribution in [0.5, 0.6) is 0 Å². The van der Waals surface area contributed by atoms with Gasteiger partial charge in [0.15, 0.2) is 6.29 Å². The molecular weight excluding hydrogens is 174 g/mol. The van der Waals surface area contributed by atoms with Crippen LogP contribution >= 0.6 is 0 Å². The van der Waals surface area contributed by atoms with Crippen molar-refractivity contribution in [1.29, 1.82) is 5.26 Å². The zero-order valence-corrected chi connectivity index (χ0v) is 7.40. The molecule has 0 spiro atoms. The van der Waals surface area contributed by atoms with Gasteiger partial charge in [-0.1, -0.05) is 30.3 Å². The molecule has 0 radical (unpaired) electrons. The number of aldehydes is 1. The quantitative estimate of drug-likeness (QED) is 0.634. The minimum Gasteiger partial charge on any atom is -0.298 e. The van der Waals surface area contributed by atoms with Crippen molar-refractivity contribution in [1.82, 2.24) is 0 Å². The third kappa shape index (κ3) is 1.16. The summed E-state index contributed by atoms with van der Waals surface area (Å²) in [6.07, 6.45) is 0.809. The first-order chi connectivity index (χ1) is 6.86. The molecule has 2 heteroatoms. The van der Waals surface area contributed by atoms with Crippen molar-refractivity contribution in [3.63, 3.8) is 0 Å². The fourth-order valence-electron chi connectivity index (χ4n) is 1.53. The van der Waals surface area contributed by atoms with Crippen LogP contribution in [0.3, 0.4) is 0 Å². The second-order valence-electron chi connectivity index (χ2n) is 2.98. The largest absolute Gasteiger partial charge is 0.298 e. The van der Waals surface area contributed by atoms with Gasteiger partial charge in [-0.05, 0) is 11.5 Å². The van der Waals surface area contributed by atoms with Gasteiger partial charge in [-0.15, -0.1) is 0 Å². The lowest BCUT2D eigenvalue weighted by molar-refractivity contribution is 0.112. The highest BCUT2D eigenvalue weighted by molar-refractivity contribution is 6.00. The van der Waals surface area contributed by atoms with Crippen LogP contribution in [-0.4, -0.2) is 6.29 Å². The van der Waals surface area contributed by atoms with Gasteiger partial charge in [0.2, 0.25) is 0 Å². The molecule has 0 unspecified atom stereocenters. The van der Waals surface area contributed by atoms with Crippen molar-refractivity contribution in [3.05, 3.63) is 47.5 Å². The molecule has 0 bridgehead atoms. The Balaban J connectivity index is 2.93. The second-order valence-corrected chi connectivity index (χ2v) is 2.98. The van der Waals surface area contributed by atoms with E-state index in [9.17, 15) is 4.79 Å². The normalized spacial score (nSPS) is 9.64. The number of hydrogen-bond acceptors (Lipinski definition) is 2. The molecule has 2 aromatic carbocycles. The van der Waals surface area contributed by atoms with Gasteiger partial charge in [0.05, 0.1) is 11.6 Å². The molecule has 0 N–H and O–H groups in total. The molecule has 2 aromatic rings. The third-order valence-electron chi connectivity index (χ3n) is 2.20. The van der Waals surface area contributed by atoms with Crippen LogP contribution in [0.25, 0.3) is 10.8 Å². The lowest BCUT2D eigenvalue weighted by Gasteiger charge is -2.01. The third-order valence-corrected chi connectivity index (χ3v) is 2.20. The summed E-state index contributed by atoms with van der Waals surface area (Å²) in [7, 11) is 0. The van der Waals surface area contributed by atoms with Crippen LogP contribution in [0.15, 0.2) is 36.4 Å². The molecule has 0 heterocycles. The van der Waals surface area contributed by atoms with E-state index in [2.05, 4.69) is 6.07 Å². The van der Waals surface area contributed by atoms with Crippen LogP contribution in [0.4, 0.5) is 0 Å². The van der Waals surface area contributed by atoms with E-state index in [-0.39, 0.29) is 0 Å². The Labute approximate surface area is 81.4 Å². The van der Waals surface area contributed by atoms with Gasteiger partial charge in [-0.3, -0.25) is 4.79 Å². The lowest BCUT2D eigenvalue weighted by Crippen LogP contribution is -1.85. The minimum atomic E-state index is 0.603. The van der Waals surface area contributed by atoms with Gasteiger partial charge in [-0.2, -0.15) is 5.26 Å². The Kier molecular flexibility index (Phi) is 2.00. The summed E-state index contributed by atoms with van der Waals surface area (Å²) >= 11 is 0. The fraction of sp³-hybridized carbons (Fsp3) is 0. The maximum absolute atomic E-state index is 10.7. The maximum Gasteiger partial charge on any atom is 0.150 e. The van der Waals surface area contributed by atoms with Crippen LogP contribution in [0.1, 0.15) is 15.9 Å². The highest BCUT2D eigenvalue weighted by Gasteiger charge is 2.02. The first-order valence-corrected chi connectivity index (χ1v) is 4.24. The predicted molar refractivity (Wildman–Crippen MR) is 54.1 cm³/mol. The molecule has 0 aliphatic rings. The van der Waals surface area contributed by atoms with E-state index in [1.54, 1.807) is 24.3 Å². The van der Waals surface area contributed by atoms with Crippen LogP contribution in [0.2, 0.25) is 0 Å². The molecular formula is C12H7NO. The first-order valence-electron chi connectivity index (χ1n) is 4.24. The molecule has 0 saturated heterocycles. The average molecular weight is 181 g/mol. The minimum absolute atomic E-state index is 0.603. The molecule has 2 nitrogen and oxygen atoms in total. The van der Waals surface area contributed by atoms with E-state index in [4.69, 9.17) is 5.26 Å². The highest BCUT2D eigenvalue weighted by Crippen LogP contribution is 2.20. The number of hydrogen-bond donors (Lipinski definition) is 0. The van der Waals surface area contributed by atoms with Crippen LogP contribution in [-0.2, 0) is 0 Å². The monoisotopic (exact) mass is 181 g/mol. The van der Waals surface area contributed by atoms with Gasteiger partial charge in [0, 0.05) is 10.9 Å². The molecule has 14 heavy (non-hydrogen) atoms. The van der Waals surface area contributed by atoms with E-state index >= 15 is 0 Å². The Morgan fingerprint density at radius 1 is 1.07 bits per heavy atom. The fourth-order valence-corrected chi connectivity index (χ4v) is 1.53. The highest BCUT2D eigenvalue weighted by atomic mass is 16.1. The summed E-state index contributed by atoms with van der Waals surface area (Å²) in [5.74, 6) is 0. The first kappa shape index (κ1) is 8.46. The van der Waals surface area contributed by atoms with Crippen molar-refractivity contribution in [2.75, 3.05) is 0 Å². The van der Waals surface area contributed by atoms with Crippen LogP contribution < -0.4 is 0 Å². The van der Waals surface area contributed by atoms with E-state index in [1.807, 2.05) is 12.1 Å². The Hall–Kier alpha value is -2.14. The Bertz CT molecular complexity index is 538. The maximum atomic E-state index is 10.7. The summed E-state index contributed by atoms with van der Waals surface area (Å²) in [6.45, 7) is 0. The van der Waals surface area contributed by atoms with E-state index in [0.29, 0.717) is 11.1 Å². The summed E-state index contributed by atoms with van der Waals surface area (Å²) < 4.78 is 0. The second kappa shape index (κ2) is 3.31. The number of nitrogens with zero attached hydrogens (tertiary/aromatic N) is 1. The molecule has 0 amide bonds. The number of carbonyl (C=O) groups is 1. The summed E-state index contributed by atoms with van der Waals surface area (Å²) in [6, 6.07) is 12.9. The van der Waals surface area contributed by atoms with Gasteiger partial charge in [0.1, 0.15) is 0 Å². The molecule has 0 aromatic heterocycles. The topological polar surface area (TPSA) is 40.9 Å². The van der Waals surface area contributed by atoms with Gasteiger partial charge in [0.25, 0.3) is 0 Å². The van der Waals surface area contributed by atoms with Crippen LogP contribution in [0, 0.1) is 11.3 Å². The average Bonchev–Trinajstić information content (AvgIpc) is 2.27. The molecule has 0 aliphatic carbocycles. The number of benzene rings is 2. The van der Waals surface area contributed by atoms with E-state index in [0.717, 1.165) is 17.1 Å². The zero-order chi connectivity index (χ0) is 9.97. The number of carbonyl (C=O) groups excluding carboxylic acids is 1. The van der Waals surface area contributed by atoms with Crippen molar-refractivity contribution < 1.29 is 4.79 Å². The molecule has 0 saturated carbocycles. The van der Waals surface area contributed by atoms with Crippen molar-refractivity contribution in [2.24, 2.45) is 0 Å². The molecule has 66 valence electrons. The Morgan fingerprint density at radius 3 is 2.50 bits per heavy atom. The SMILES string of the molecule is N#Cc1cccc2c(C=O)cccc12. The molecule has 0 fully saturated rings. The van der Waals surface area contributed by atoms with Gasteiger partial charge >= 0.3 is 0 Å². The van der Waals surface area contributed by atoms with Crippen molar-refractivity contribution in [3.8, 4) is 6.07 Å². The lowest BCUT2D eigenvalue weighted by atomic mass is 10.0.